The van der Waals surface area contributed by atoms with Crippen LogP contribution in [0.3, 0.4) is 0 Å². The molecule has 0 aliphatic carbocycles. The number of carbonyl (C=O) groups excluding carboxylic acids is 1. The second-order valence-electron chi connectivity index (χ2n) is 5.05. The molecule has 1 amide bonds. The Labute approximate surface area is 110 Å². The van der Waals surface area contributed by atoms with Crippen LogP contribution >= 0.6 is 11.8 Å². The maximum atomic E-state index is 11.4. The third-order valence-electron chi connectivity index (χ3n) is 2.09. The largest absolute Gasteiger partial charge is 0.380 e. The lowest BCUT2D eigenvalue weighted by molar-refractivity contribution is -0.118. The summed E-state index contributed by atoms with van der Waals surface area (Å²) < 4.78 is 5.42. The molecule has 0 rings (SSSR count). The van der Waals surface area contributed by atoms with E-state index in [4.69, 9.17) is 4.74 Å². The molecule has 0 aliphatic heterocycles. The zero-order chi connectivity index (χ0) is 13.1. The van der Waals surface area contributed by atoms with Gasteiger partial charge in [-0.3, -0.25) is 4.79 Å². The first kappa shape index (κ1) is 16.8. The smallest absolute Gasteiger partial charge is 0.230 e. The van der Waals surface area contributed by atoms with Crippen LogP contribution in [0, 0.1) is 11.8 Å². The predicted molar refractivity (Wildman–Crippen MR) is 75.4 cm³/mol. The van der Waals surface area contributed by atoms with Crippen molar-refractivity contribution in [2.75, 3.05) is 31.3 Å². The summed E-state index contributed by atoms with van der Waals surface area (Å²) in [5, 5.41) is 2.86. The molecule has 0 aromatic rings. The minimum absolute atomic E-state index is 0.114. The van der Waals surface area contributed by atoms with Crippen molar-refractivity contribution < 1.29 is 9.53 Å². The van der Waals surface area contributed by atoms with Gasteiger partial charge in [-0.2, -0.15) is 11.8 Å². The number of hydrogen-bond acceptors (Lipinski definition) is 3. The molecular formula is C13H27NO2S. The van der Waals surface area contributed by atoms with Gasteiger partial charge in [0.2, 0.25) is 5.91 Å². The predicted octanol–water partition coefficient (Wildman–Crippen LogP) is 2.55. The van der Waals surface area contributed by atoms with Crippen molar-refractivity contribution in [2.45, 2.75) is 34.1 Å². The Morgan fingerprint density at radius 3 is 2.47 bits per heavy atom. The molecule has 0 atom stereocenters. The fraction of sp³-hybridized carbons (Fsp3) is 0.923. The molecule has 1 N–H and O–H groups in total. The van der Waals surface area contributed by atoms with Crippen LogP contribution in [0.25, 0.3) is 0 Å². The molecule has 0 unspecified atom stereocenters. The quantitative estimate of drug-likeness (QED) is 0.614. The molecule has 17 heavy (non-hydrogen) atoms. The van der Waals surface area contributed by atoms with Crippen LogP contribution in [-0.4, -0.2) is 37.2 Å². The first-order valence-electron chi connectivity index (χ1n) is 6.44. The Bertz CT molecular complexity index is 196. The van der Waals surface area contributed by atoms with E-state index in [-0.39, 0.29) is 5.91 Å². The van der Waals surface area contributed by atoms with E-state index in [9.17, 15) is 4.79 Å². The highest BCUT2D eigenvalue weighted by atomic mass is 32.2. The molecule has 102 valence electrons. The Morgan fingerprint density at radius 2 is 1.88 bits per heavy atom. The molecule has 0 spiro atoms. The average molecular weight is 261 g/mol. The van der Waals surface area contributed by atoms with E-state index in [1.54, 1.807) is 11.8 Å². The van der Waals surface area contributed by atoms with E-state index >= 15 is 0 Å². The van der Waals surface area contributed by atoms with E-state index in [1.165, 1.54) is 0 Å². The summed E-state index contributed by atoms with van der Waals surface area (Å²) in [6, 6.07) is 0. The van der Waals surface area contributed by atoms with Gasteiger partial charge in [0.25, 0.3) is 0 Å². The number of ether oxygens (including phenoxy) is 1. The van der Waals surface area contributed by atoms with Crippen LogP contribution in [0.1, 0.15) is 34.1 Å². The first-order chi connectivity index (χ1) is 8.02. The SMILES string of the molecule is CC(C)CCOCCNC(=O)CSCC(C)C. The van der Waals surface area contributed by atoms with Crippen molar-refractivity contribution in [3.8, 4) is 0 Å². The Morgan fingerprint density at radius 1 is 1.18 bits per heavy atom. The lowest BCUT2D eigenvalue weighted by Gasteiger charge is -2.08. The van der Waals surface area contributed by atoms with Crippen LogP contribution in [0.5, 0.6) is 0 Å². The lowest BCUT2D eigenvalue weighted by Crippen LogP contribution is -2.29. The highest BCUT2D eigenvalue weighted by Gasteiger charge is 2.02. The Hall–Kier alpha value is -0.220. The van der Waals surface area contributed by atoms with Crippen molar-refractivity contribution >= 4 is 17.7 Å². The number of nitrogens with one attached hydrogen (secondary N) is 1. The van der Waals surface area contributed by atoms with Crippen LogP contribution < -0.4 is 5.32 Å². The van der Waals surface area contributed by atoms with Gasteiger partial charge in [0, 0.05) is 13.2 Å². The van der Waals surface area contributed by atoms with Crippen LogP contribution in [0.2, 0.25) is 0 Å². The van der Waals surface area contributed by atoms with Crippen LogP contribution in [0.15, 0.2) is 0 Å². The topological polar surface area (TPSA) is 38.3 Å². The fourth-order valence-electron chi connectivity index (χ4n) is 1.12. The summed E-state index contributed by atoms with van der Waals surface area (Å²) in [5.74, 6) is 3.04. The number of amides is 1. The van der Waals surface area contributed by atoms with Gasteiger partial charge in [-0.05, 0) is 24.0 Å². The Kier molecular flexibility index (Phi) is 10.8. The molecule has 0 saturated carbocycles. The number of carbonyl (C=O) groups is 1. The molecule has 4 heteroatoms. The number of rotatable bonds is 10. The van der Waals surface area contributed by atoms with Gasteiger partial charge < -0.3 is 10.1 Å². The molecule has 0 fully saturated rings. The van der Waals surface area contributed by atoms with Crippen LogP contribution in [-0.2, 0) is 9.53 Å². The van der Waals surface area contributed by atoms with Gasteiger partial charge in [0.1, 0.15) is 0 Å². The lowest BCUT2D eigenvalue weighted by atomic mass is 10.1. The first-order valence-corrected chi connectivity index (χ1v) is 7.60. The van der Waals surface area contributed by atoms with Gasteiger partial charge in [-0.25, -0.2) is 0 Å². The Balaban J connectivity index is 3.22. The highest BCUT2D eigenvalue weighted by Crippen LogP contribution is 2.06. The third kappa shape index (κ3) is 13.7. The zero-order valence-corrected chi connectivity index (χ0v) is 12.4. The molecular weight excluding hydrogens is 234 g/mol. The average Bonchev–Trinajstić information content (AvgIpc) is 2.22. The summed E-state index contributed by atoms with van der Waals surface area (Å²) in [7, 11) is 0. The molecule has 0 bridgehead atoms. The minimum Gasteiger partial charge on any atom is -0.380 e. The standard InChI is InChI=1S/C13H27NO2S/c1-11(2)5-7-16-8-6-14-13(15)10-17-9-12(3)4/h11-12H,5-10H2,1-4H3,(H,14,15). The molecule has 0 radical (unpaired) electrons. The highest BCUT2D eigenvalue weighted by molar-refractivity contribution is 7.99. The number of hydrogen-bond donors (Lipinski definition) is 1. The van der Waals surface area contributed by atoms with Gasteiger partial charge in [0.05, 0.1) is 12.4 Å². The van der Waals surface area contributed by atoms with Crippen molar-refractivity contribution in [1.82, 2.24) is 5.32 Å². The van der Waals surface area contributed by atoms with E-state index in [0.29, 0.717) is 30.7 Å². The summed E-state index contributed by atoms with van der Waals surface area (Å²) in [4.78, 5) is 11.4. The van der Waals surface area contributed by atoms with Gasteiger partial charge in [-0.1, -0.05) is 27.7 Å². The van der Waals surface area contributed by atoms with E-state index in [2.05, 4.69) is 33.0 Å². The third-order valence-corrected chi connectivity index (χ3v) is 3.46. The molecule has 0 heterocycles. The maximum absolute atomic E-state index is 11.4. The summed E-state index contributed by atoms with van der Waals surface area (Å²) in [6.45, 7) is 10.7. The molecule has 0 aromatic heterocycles. The normalized spacial score (nSPS) is 11.2. The molecule has 0 saturated heterocycles. The zero-order valence-electron chi connectivity index (χ0n) is 11.6. The summed E-state index contributed by atoms with van der Waals surface area (Å²) in [5.41, 5.74) is 0. The maximum Gasteiger partial charge on any atom is 0.230 e. The minimum atomic E-state index is 0.114. The number of thioether (sulfide) groups is 1. The van der Waals surface area contributed by atoms with Crippen molar-refractivity contribution in [3.05, 3.63) is 0 Å². The van der Waals surface area contributed by atoms with Gasteiger partial charge >= 0.3 is 0 Å². The monoisotopic (exact) mass is 261 g/mol. The van der Waals surface area contributed by atoms with Crippen LogP contribution in [0.4, 0.5) is 0 Å². The molecule has 0 aliphatic rings. The summed E-state index contributed by atoms with van der Waals surface area (Å²) >= 11 is 1.69. The summed E-state index contributed by atoms with van der Waals surface area (Å²) in [6.07, 6.45) is 1.08. The van der Waals surface area contributed by atoms with Crippen molar-refractivity contribution in [2.24, 2.45) is 11.8 Å². The second kappa shape index (κ2) is 10.9. The van der Waals surface area contributed by atoms with Gasteiger partial charge in [-0.15, -0.1) is 0 Å². The van der Waals surface area contributed by atoms with Gasteiger partial charge in [0.15, 0.2) is 0 Å². The second-order valence-corrected chi connectivity index (χ2v) is 6.08. The molecule has 3 nitrogen and oxygen atoms in total. The molecule has 0 aromatic carbocycles. The van der Waals surface area contributed by atoms with E-state index in [1.807, 2.05) is 0 Å². The van der Waals surface area contributed by atoms with Crippen molar-refractivity contribution in [1.29, 1.82) is 0 Å². The van der Waals surface area contributed by atoms with E-state index < -0.39 is 0 Å². The van der Waals surface area contributed by atoms with E-state index in [0.717, 1.165) is 18.8 Å². The fourth-order valence-corrected chi connectivity index (χ4v) is 2.00. The van der Waals surface area contributed by atoms with Crippen molar-refractivity contribution in [3.63, 3.8) is 0 Å².